The molecule has 112 valence electrons. The first kappa shape index (κ1) is 15.6. The molecule has 0 fully saturated rings. The van der Waals surface area contributed by atoms with Crippen LogP contribution in [0.5, 0.6) is 0 Å². The highest BCUT2D eigenvalue weighted by Crippen LogP contribution is 2.29. The average molecular weight is 317 g/mol. The fourth-order valence-corrected chi connectivity index (χ4v) is 1.98. The van der Waals surface area contributed by atoms with E-state index in [1.807, 2.05) is 0 Å². The van der Waals surface area contributed by atoms with Gasteiger partial charge in [-0.15, -0.1) is 0 Å². The Bertz CT molecular complexity index is 602. The molecule has 0 saturated carbocycles. The van der Waals surface area contributed by atoms with Crippen molar-refractivity contribution in [2.24, 2.45) is 0 Å². The summed E-state index contributed by atoms with van der Waals surface area (Å²) in [6.07, 6.45) is -4.56. The Morgan fingerprint density at radius 2 is 1.90 bits per heavy atom. The fourth-order valence-electron chi connectivity index (χ4n) is 1.72. The highest BCUT2D eigenvalue weighted by Gasteiger charge is 2.30. The molecular formula is C14H12ClF3N2O. The maximum Gasteiger partial charge on any atom is 0.417 e. The SMILES string of the molecule is OC(CNc1ccc(C(F)(F)F)cn1)c1ccccc1Cl. The summed E-state index contributed by atoms with van der Waals surface area (Å²) in [5.74, 6) is 0.245. The van der Waals surface area contributed by atoms with E-state index >= 15 is 0 Å². The van der Waals surface area contributed by atoms with Crippen LogP contribution in [0.2, 0.25) is 5.02 Å². The van der Waals surface area contributed by atoms with Crippen LogP contribution in [0.3, 0.4) is 0 Å². The third kappa shape index (κ3) is 4.09. The standard InChI is InChI=1S/C14H12ClF3N2O/c15-11-4-2-1-3-10(11)12(21)8-20-13-6-5-9(7-19-13)14(16,17)18/h1-7,12,21H,8H2,(H,19,20). The number of anilines is 1. The highest BCUT2D eigenvalue weighted by atomic mass is 35.5. The first-order chi connectivity index (χ1) is 9.88. The van der Waals surface area contributed by atoms with Gasteiger partial charge in [-0.05, 0) is 18.2 Å². The molecule has 2 aromatic rings. The van der Waals surface area contributed by atoms with E-state index in [2.05, 4.69) is 10.3 Å². The van der Waals surface area contributed by atoms with Crippen molar-refractivity contribution in [1.29, 1.82) is 0 Å². The summed E-state index contributed by atoms with van der Waals surface area (Å²) >= 11 is 5.94. The lowest BCUT2D eigenvalue weighted by Crippen LogP contribution is -2.14. The molecule has 1 unspecified atom stereocenters. The summed E-state index contributed by atoms with van der Waals surface area (Å²) in [7, 11) is 0. The molecule has 0 aliphatic rings. The number of rotatable bonds is 4. The maximum atomic E-state index is 12.4. The molecule has 1 aromatic carbocycles. The first-order valence-electron chi connectivity index (χ1n) is 6.07. The van der Waals surface area contributed by atoms with Crippen molar-refractivity contribution in [3.8, 4) is 0 Å². The Kier molecular flexibility index (Phi) is 4.69. The van der Waals surface area contributed by atoms with Gasteiger partial charge >= 0.3 is 6.18 Å². The van der Waals surface area contributed by atoms with Crippen molar-refractivity contribution in [2.45, 2.75) is 12.3 Å². The zero-order valence-electron chi connectivity index (χ0n) is 10.7. The lowest BCUT2D eigenvalue weighted by Gasteiger charge is -2.14. The number of nitrogens with one attached hydrogen (secondary N) is 1. The summed E-state index contributed by atoms with van der Waals surface area (Å²) in [4.78, 5) is 3.66. The Labute approximate surface area is 124 Å². The molecular weight excluding hydrogens is 305 g/mol. The number of halogens is 4. The van der Waals surface area contributed by atoms with E-state index < -0.39 is 17.8 Å². The van der Waals surface area contributed by atoms with E-state index in [-0.39, 0.29) is 12.4 Å². The molecule has 0 radical (unpaired) electrons. The molecule has 21 heavy (non-hydrogen) atoms. The lowest BCUT2D eigenvalue weighted by molar-refractivity contribution is -0.137. The lowest BCUT2D eigenvalue weighted by atomic mass is 10.1. The second kappa shape index (κ2) is 6.32. The number of aliphatic hydroxyl groups excluding tert-OH is 1. The third-order valence-electron chi connectivity index (χ3n) is 2.83. The molecule has 2 rings (SSSR count). The monoisotopic (exact) mass is 316 g/mol. The van der Waals surface area contributed by atoms with Gasteiger partial charge in [0.05, 0.1) is 11.7 Å². The number of hydrogen-bond donors (Lipinski definition) is 2. The van der Waals surface area contributed by atoms with Gasteiger partial charge in [-0.25, -0.2) is 4.98 Å². The first-order valence-corrected chi connectivity index (χ1v) is 6.45. The van der Waals surface area contributed by atoms with Crippen molar-refractivity contribution >= 4 is 17.4 Å². The zero-order chi connectivity index (χ0) is 15.5. The largest absolute Gasteiger partial charge is 0.417 e. The average Bonchev–Trinajstić information content (AvgIpc) is 2.45. The van der Waals surface area contributed by atoms with E-state index in [0.29, 0.717) is 10.6 Å². The molecule has 7 heteroatoms. The van der Waals surface area contributed by atoms with Gasteiger partial charge in [-0.2, -0.15) is 13.2 Å². The molecule has 1 atom stereocenters. The Balaban J connectivity index is 1.99. The Hall–Kier alpha value is -1.79. The molecule has 3 nitrogen and oxygen atoms in total. The molecule has 0 saturated heterocycles. The molecule has 0 amide bonds. The van der Waals surface area contributed by atoms with Crippen molar-refractivity contribution in [1.82, 2.24) is 4.98 Å². The van der Waals surface area contributed by atoms with Crippen LogP contribution in [-0.4, -0.2) is 16.6 Å². The minimum Gasteiger partial charge on any atom is -0.387 e. The third-order valence-corrected chi connectivity index (χ3v) is 3.18. The van der Waals surface area contributed by atoms with Crippen molar-refractivity contribution < 1.29 is 18.3 Å². The molecule has 1 heterocycles. The summed E-state index contributed by atoms with van der Waals surface area (Å²) in [5, 5.41) is 13.2. The number of aliphatic hydroxyl groups is 1. The molecule has 1 aromatic heterocycles. The quantitative estimate of drug-likeness (QED) is 0.899. The molecule has 0 aliphatic heterocycles. The van der Waals surface area contributed by atoms with Crippen LogP contribution in [0.15, 0.2) is 42.6 Å². The number of nitrogens with zero attached hydrogens (tertiary/aromatic N) is 1. The number of hydrogen-bond acceptors (Lipinski definition) is 3. The summed E-state index contributed by atoms with van der Waals surface area (Å²) in [6.45, 7) is 0.0854. The molecule has 2 N–H and O–H groups in total. The van der Waals surface area contributed by atoms with Gasteiger partial charge in [0.2, 0.25) is 0 Å². The van der Waals surface area contributed by atoms with Crippen molar-refractivity contribution in [2.75, 3.05) is 11.9 Å². The number of aromatic nitrogens is 1. The van der Waals surface area contributed by atoms with Crippen LogP contribution in [0.4, 0.5) is 19.0 Å². The minimum absolute atomic E-state index is 0.0854. The molecule has 0 spiro atoms. The summed E-state index contributed by atoms with van der Waals surface area (Å²) < 4.78 is 37.2. The normalized spacial score (nSPS) is 13.0. The predicted octanol–water partition coefficient (Wildman–Crippen LogP) is 3.90. The van der Waals surface area contributed by atoms with E-state index in [0.717, 1.165) is 12.3 Å². The van der Waals surface area contributed by atoms with E-state index in [1.165, 1.54) is 6.07 Å². The zero-order valence-corrected chi connectivity index (χ0v) is 11.5. The van der Waals surface area contributed by atoms with Gasteiger partial charge in [0.25, 0.3) is 0 Å². The van der Waals surface area contributed by atoms with Crippen LogP contribution in [0.1, 0.15) is 17.2 Å². The number of pyridine rings is 1. The van der Waals surface area contributed by atoms with Crippen LogP contribution in [-0.2, 0) is 6.18 Å². The van der Waals surface area contributed by atoms with Gasteiger partial charge in [-0.1, -0.05) is 29.8 Å². The van der Waals surface area contributed by atoms with Gasteiger partial charge in [0.15, 0.2) is 0 Å². The minimum atomic E-state index is -4.41. The van der Waals surface area contributed by atoms with Crippen LogP contribution in [0, 0.1) is 0 Å². The second-order valence-corrected chi connectivity index (χ2v) is 4.76. The summed E-state index contributed by atoms with van der Waals surface area (Å²) in [6, 6.07) is 8.94. The van der Waals surface area contributed by atoms with Gasteiger partial charge in [0.1, 0.15) is 5.82 Å². The predicted molar refractivity (Wildman–Crippen MR) is 74.1 cm³/mol. The Morgan fingerprint density at radius 1 is 1.19 bits per heavy atom. The smallest absolute Gasteiger partial charge is 0.387 e. The van der Waals surface area contributed by atoms with E-state index in [4.69, 9.17) is 11.6 Å². The van der Waals surface area contributed by atoms with Gasteiger partial charge in [-0.3, -0.25) is 0 Å². The molecule has 0 bridgehead atoms. The number of benzene rings is 1. The number of alkyl halides is 3. The van der Waals surface area contributed by atoms with Gasteiger partial charge in [0, 0.05) is 23.3 Å². The van der Waals surface area contributed by atoms with Crippen LogP contribution in [0.25, 0.3) is 0 Å². The fraction of sp³-hybridized carbons (Fsp3) is 0.214. The van der Waals surface area contributed by atoms with Crippen LogP contribution >= 0.6 is 11.6 Å². The van der Waals surface area contributed by atoms with Crippen molar-refractivity contribution in [3.63, 3.8) is 0 Å². The maximum absolute atomic E-state index is 12.4. The highest BCUT2D eigenvalue weighted by molar-refractivity contribution is 6.31. The van der Waals surface area contributed by atoms with Crippen LogP contribution < -0.4 is 5.32 Å². The van der Waals surface area contributed by atoms with E-state index in [9.17, 15) is 18.3 Å². The van der Waals surface area contributed by atoms with Crippen molar-refractivity contribution in [3.05, 3.63) is 58.7 Å². The topological polar surface area (TPSA) is 45.1 Å². The van der Waals surface area contributed by atoms with Gasteiger partial charge < -0.3 is 10.4 Å². The second-order valence-electron chi connectivity index (χ2n) is 4.35. The molecule has 0 aliphatic carbocycles. The van der Waals surface area contributed by atoms with E-state index in [1.54, 1.807) is 24.3 Å². The summed E-state index contributed by atoms with van der Waals surface area (Å²) in [5.41, 5.74) is -0.279. The Morgan fingerprint density at radius 3 is 2.48 bits per heavy atom.